The summed E-state index contributed by atoms with van der Waals surface area (Å²) in [6.07, 6.45) is 1.92. The van der Waals surface area contributed by atoms with Crippen LogP contribution in [0.25, 0.3) is 0 Å². The number of hydrogen-bond donors (Lipinski definition) is 1. The first-order valence-corrected chi connectivity index (χ1v) is 4.68. The molecular weight excluding hydrogens is 194 g/mol. The minimum atomic E-state index is 0.546. The van der Waals surface area contributed by atoms with Gasteiger partial charge >= 0.3 is 0 Å². The van der Waals surface area contributed by atoms with Crippen molar-refractivity contribution >= 4 is 5.69 Å². The fraction of sp³-hybridized carbons (Fsp3) is 0.444. The molecule has 0 aliphatic carbocycles. The third-order valence-corrected chi connectivity index (χ3v) is 2.02. The van der Waals surface area contributed by atoms with Crippen LogP contribution in [0.3, 0.4) is 0 Å². The molecule has 0 unspecified atom stereocenters. The van der Waals surface area contributed by atoms with Gasteiger partial charge in [0, 0.05) is 20.2 Å². The van der Waals surface area contributed by atoms with Crippen LogP contribution < -0.4 is 5.32 Å². The Balaban J connectivity index is 2.01. The fourth-order valence-corrected chi connectivity index (χ4v) is 1.36. The van der Waals surface area contributed by atoms with Gasteiger partial charge in [-0.1, -0.05) is 5.16 Å². The quantitative estimate of drug-likeness (QED) is 0.814. The Morgan fingerprint density at radius 2 is 2.27 bits per heavy atom. The number of anilines is 1. The molecule has 1 N–H and O–H groups in total. The molecule has 0 atom stereocenters. The molecule has 2 aromatic heterocycles. The molecule has 6 nitrogen and oxygen atoms in total. The van der Waals surface area contributed by atoms with Gasteiger partial charge in [0.1, 0.15) is 0 Å². The van der Waals surface area contributed by atoms with E-state index in [4.69, 9.17) is 4.52 Å². The number of rotatable bonds is 3. The SMILES string of the molecule is Cc1nc(CNc2cn(C)nc2C)no1. The van der Waals surface area contributed by atoms with E-state index < -0.39 is 0 Å². The van der Waals surface area contributed by atoms with E-state index in [2.05, 4.69) is 20.6 Å². The van der Waals surface area contributed by atoms with Gasteiger partial charge in [-0.3, -0.25) is 4.68 Å². The van der Waals surface area contributed by atoms with E-state index in [1.807, 2.05) is 20.2 Å². The van der Waals surface area contributed by atoms with Crippen LogP contribution in [0.1, 0.15) is 17.4 Å². The summed E-state index contributed by atoms with van der Waals surface area (Å²) in [5.41, 5.74) is 1.94. The van der Waals surface area contributed by atoms with Crippen LogP contribution in [0, 0.1) is 13.8 Å². The molecule has 0 aromatic carbocycles. The maximum absolute atomic E-state index is 4.87. The zero-order valence-corrected chi connectivity index (χ0v) is 8.98. The molecule has 15 heavy (non-hydrogen) atoms. The van der Waals surface area contributed by atoms with E-state index in [0.717, 1.165) is 11.4 Å². The van der Waals surface area contributed by atoms with Gasteiger partial charge in [-0.05, 0) is 6.92 Å². The van der Waals surface area contributed by atoms with Crippen LogP contribution >= 0.6 is 0 Å². The molecule has 2 heterocycles. The van der Waals surface area contributed by atoms with Crippen molar-refractivity contribution in [1.82, 2.24) is 19.9 Å². The predicted octanol–water partition coefficient (Wildman–Crippen LogP) is 1.03. The second-order valence-corrected chi connectivity index (χ2v) is 3.39. The van der Waals surface area contributed by atoms with Crippen molar-refractivity contribution in [3.05, 3.63) is 23.6 Å². The summed E-state index contributed by atoms with van der Waals surface area (Å²) in [4.78, 5) is 4.09. The maximum atomic E-state index is 4.87. The molecule has 80 valence electrons. The minimum Gasteiger partial charge on any atom is -0.375 e. The summed E-state index contributed by atoms with van der Waals surface area (Å²) < 4.78 is 6.63. The molecule has 0 radical (unpaired) electrons. The Labute approximate surface area is 87.3 Å². The highest BCUT2D eigenvalue weighted by Crippen LogP contribution is 2.12. The largest absolute Gasteiger partial charge is 0.375 e. The Kier molecular flexibility index (Phi) is 2.40. The zero-order valence-electron chi connectivity index (χ0n) is 8.98. The molecule has 2 aromatic rings. The Morgan fingerprint density at radius 3 is 2.80 bits per heavy atom. The summed E-state index contributed by atoms with van der Waals surface area (Å²) in [6, 6.07) is 0. The summed E-state index contributed by atoms with van der Waals surface area (Å²) in [7, 11) is 1.89. The molecule has 0 fully saturated rings. The van der Waals surface area contributed by atoms with Crippen molar-refractivity contribution in [2.24, 2.45) is 7.05 Å². The molecule has 0 bridgehead atoms. The third-order valence-electron chi connectivity index (χ3n) is 2.02. The molecule has 0 aliphatic rings. The van der Waals surface area contributed by atoms with Gasteiger partial charge < -0.3 is 9.84 Å². The highest BCUT2D eigenvalue weighted by molar-refractivity contribution is 5.45. The Morgan fingerprint density at radius 1 is 1.47 bits per heavy atom. The first-order chi connectivity index (χ1) is 7.15. The van der Waals surface area contributed by atoms with Crippen LogP contribution in [0.5, 0.6) is 0 Å². The summed E-state index contributed by atoms with van der Waals surface area (Å²) in [6.45, 7) is 4.26. The highest BCUT2D eigenvalue weighted by Gasteiger charge is 2.05. The molecule has 2 rings (SSSR count). The maximum Gasteiger partial charge on any atom is 0.223 e. The van der Waals surface area contributed by atoms with Crippen molar-refractivity contribution in [3.8, 4) is 0 Å². The molecule has 0 aliphatic heterocycles. The van der Waals surface area contributed by atoms with Crippen molar-refractivity contribution in [2.75, 3.05) is 5.32 Å². The van der Waals surface area contributed by atoms with Crippen molar-refractivity contribution in [2.45, 2.75) is 20.4 Å². The average Bonchev–Trinajstić information content (AvgIpc) is 2.70. The van der Waals surface area contributed by atoms with Crippen LogP contribution in [-0.2, 0) is 13.6 Å². The van der Waals surface area contributed by atoms with Gasteiger partial charge in [-0.15, -0.1) is 0 Å². The van der Waals surface area contributed by atoms with Gasteiger partial charge in [0.05, 0.1) is 17.9 Å². The lowest BCUT2D eigenvalue weighted by Gasteiger charge is -1.99. The summed E-state index contributed by atoms with van der Waals surface area (Å²) in [5.74, 6) is 1.23. The lowest BCUT2D eigenvalue weighted by Crippen LogP contribution is -2.01. The predicted molar refractivity (Wildman–Crippen MR) is 54.3 cm³/mol. The van der Waals surface area contributed by atoms with Crippen LogP contribution in [-0.4, -0.2) is 19.9 Å². The smallest absolute Gasteiger partial charge is 0.223 e. The summed E-state index contributed by atoms with van der Waals surface area (Å²) >= 11 is 0. The van der Waals surface area contributed by atoms with E-state index in [-0.39, 0.29) is 0 Å². The second kappa shape index (κ2) is 3.72. The number of aryl methyl sites for hydroxylation is 3. The molecule has 0 saturated carbocycles. The first-order valence-electron chi connectivity index (χ1n) is 4.68. The molecular formula is C9H13N5O. The van der Waals surface area contributed by atoms with Crippen molar-refractivity contribution < 1.29 is 4.52 Å². The molecule has 0 amide bonds. The molecule has 0 saturated heterocycles. The summed E-state index contributed by atoms with van der Waals surface area (Å²) in [5, 5.41) is 11.2. The van der Waals surface area contributed by atoms with Crippen LogP contribution in [0.2, 0.25) is 0 Å². The van der Waals surface area contributed by atoms with Crippen LogP contribution in [0.15, 0.2) is 10.7 Å². The minimum absolute atomic E-state index is 0.546. The number of hydrogen-bond acceptors (Lipinski definition) is 5. The second-order valence-electron chi connectivity index (χ2n) is 3.39. The standard InChI is InChI=1S/C9H13N5O/c1-6-8(5-14(3)12-6)10-4-9-11-7(2)15-13-9/h5,10H,4H2,1-3H3. The number of aromatic nitrogens is 4. The lowest BCUT2D eigenvalue weighted by molar-refractivity contribution is 0.388. The number of nitrogens with zero attached hydrogens (tertiary/aromatic N) is 4. The van der Waals surface area contributed by atoms with E-state index in [1.54, 1.807) is 11.6 Å². The van der Waals surface area contributed by atoms with Crippen molar-refractivity contribution in [3.63, 3.8) is 0 Å². The van der Waals surface area contributed by atoms with E-state index in [9.17, 15) is 0 Å². The van der Waals surface area contributed by atoms with Crippen molar-refractivity contribution in [1.29, 1.82) is 0 Å². The third kappa shape index (κ3) is 2.15. The van der Waals surface area contributed by atoms with Gasteiger partial charge in [-0.2, -0.15) is 10.1 Å². The average molecular weight is 207 g/mol. The van der Waals surface area contributed by atoms with Gasteiger partial charge in [0.25, 0.3) is 0 Å². The molecule has 6 heteroatoms. The highest BCUT2D eigenvalue weighted by atomic mass is 16.5. The van der Waals surface area contributed by atoms with Gasteiger partial charge in [0.15, 0.2) is 5.82 Å². The Bertz CT molecular complexity index is 459. The van der Waals surface area contributed by atoms with E-state index >= 15 is 0 Å². The number of nitrogens with one attached hydrogen (secondary N) is 1. The van der Waals surface area contributed by atoms with Gasteiger partial charge in [-0.25, -0.2) is 0 Å². The molecule has 0 spiro atoms. The first kappa shape index (κ1) is 9.70. The van der Waals surface area contributed by atoms with Crippen LogP contribution in [0.4, 0.5) is 5.69 Å². The zero-order chi connectivity index (χ0) is 10.8. The normalized spacial score (nSPS) is 10.6. The van der Waals surface area contributed by atoms with Gasteiger partial charge in [0.2, 0.25) is 5.89 Å². The fourth-order valence-electron chi connectivity index (χ4n) is 1.36. The van der Waals surface area contributed by atoms with E-state index in [0.29, 0.717) is 18.3 Å². The van der Waals surface area contributed by atoms with E-state index in [1.165, 1.54) is 0 Å². The Hall–Kier alpha value is -1.85. The monoisotopic (exact) mass is 207 g/mol. The lowest BCUT2D eigenvalue weighted by atomic mass is 10.4. The topological polar surface area (TPSA) is 68.8 Å².